The van der Waals surface area contributed by atoms with Gasteiger partial charge in [-0.05, 0) is 177 Å². The van der Waals surface area contributed by atoms with E-state index in [1.807, 2.05) is 97.1 Å². The van der Waals surface area contributed by atoms with Crippen molar-refractivity contribution in [3.63, 3.8) is 0 Å². The Morgan fingerprint density at radius 1 is 0.309 bits per heavy atom. The van der Waals surface area contributed by atoms with E-state index >= 15 is 0 Å². The van der Waals surface area contributed by atoms with Gasteiger partial charge in [-0.3, -0.25) is 0 Å². The van der Waals surface area contributed by atoms with Crippen molar-refractivity contribution < 1.29 is 58.6 Å². The predicted molar refractivity (Wildman–Crippen MR) is 370 cm³/mol. The van der Waals surface area contributed by atoms with E-state index in [1.54, 1.807) is 149 Å². The summed E-state index contributed by atoms with van der Waals surface area (Å²) in [7, 11) is 0. The number of hydrogen-bond acceptors (Lipinski definition) is 12. The van der Waals surface area contributed by atoms with E-state index in [1.165, 1.54) is 0 Å². The molecular formula is C82H64O12. The number of aromatic hydroxyl groups is 4. The van der Waals surface area contributed by atoms with Crippen molar-refractivity contribution in [3.05, 3.63) is 313 Å². The standard InChI is InChI=1S/C49H40O8.C33H24O4/c1-28(2)46(50)54-37-20-22-39-35(26-37)18-24-41(56-48(52)30(5)6)44(39)43(34-16-14-33(15-17-34)32-12-10-9-11-13-32)45-40-23-21-38(55-47(51)29(3)4)27-36(40)19-25-42(45)57-49(53)31(7)8;34-25-12-14-27-23(18-25)10-16-29(36)32(27)31(22-8-6-21(7-9-22)20-4-2-1-3-5-20)33-28-15-13-26(35)19-24(28)11-17-30(33)37/h9-27,43H,1,3,5,7H2,2,4,6,8H3;1-19,31,34-37H. The van der Waals surface area contributed by atoms with Crippen LogP contribution in [0.3, 0.4) is 0 Å². The SMILES string of the molecule is C=C(C)C(=O)Oc1ccc2c(C(c3ccc(-c4ccccc4)cc3)c3c(OC(=O)C(=C)C)ccc4cc(OC(=O)C(=C)C)ccc34)c(OC(=O)C(=C)C)ccc2c1.Oc1ccc2c(C(c3ccc(-c4ccccc4)cc3)c3c(O)ccc4cc(O)ccc34)c(O)ccc2c1. The Morgan fingerprint density at radius 3 is 0.968 bits per heavy atom. The summed E-state index contributed by atoms with van der Waals surface area (Å²) < 4.78 is 23.4. The van der Waals surface area contributed by atoms with Gasteiger partial charge < -0.3 is 39.4 Å². The molecule has 0 radical (unpaired) electrons. The van der Waals surface area contributed by atoms with Crippen LogP contribution in [0, 0.1) is 0 Å². The van der Waals surface area contributed by atoms with Crippen LogP contribution in [0.2, 0.25) is 0 Å². The molecule has 0 heterocycles. The molecule has 0 spiro atoms. The molecule has 12 rings (SSSR count). The molecule has 464 valence electrons. The first-order chi connectivity index (χ1) is 45.2. The Morgan fingerprint density at radius 2 is 0.606 bits per heavy atom. The highest BCUT2D eigenvalue weighted by atomic mass is 16.5. The van der Waals surface area contributed by atoms with Crippen LogP contribution in [0.15, 0.2) is 279 Å². The number of hydrogen-bond donors (Lipinski definition) is 4. The maximum atomic E-state index is 13.3. The zero-order valence-corrected chi connectivity index (χ0v) is 52.0. The summed E-state index contributed by atoms with van der Waals surface area (Å²) in [4.78, 5) is 51.6. The Bertz CT molecular complexity index is 4790. The molecule has 12 heteroatoms. The molecule has 12 nitrogen and oxygen atoms in total. The average Bonchev–Trinajstić information content (AvgIpc) is 0.821. The first-order valence-electron chi connectivity index (χ1n) is 30.0. The molecule has 12 aromatic rings. The van der Waals surface area contributed by atoms with Crippen molar-refractivity contribution in [3.8, 4) is 68.2 Å². The lowest BCUT2D eigenvalue weighted by atomic mass is 9.79. The highest BCUT2D eigenvalue weighted by molar-refractivity contribution is 6.00. The van der Waals surface area contributed by atoms with Gasteiger partial charge in [0.05, 0.1) is 0 Å². The van der Waals surface area contributed by atoms with Crippen LogP contribution in [0.5, 0.6) is 46.0 Å². The van der Waals surface area contributed by atoms with Crippen LogP contribution in [-0.2, 0) is 19.2 Å². The molecule has 4 N–H and O–H groups in total. The average molecular weight is 1240 g/mol. The second-order valence-electron chi connectivity index (χ2n) is 23.0. The summed E-state index contributed by atoms with van der Waals surface area (Å²) in [6, 6.07) is 70.1. The van der Waals surface area contributed by atoms with E-state index in [9.17, 15) is 39.6 Å². The van der Waals surface area contributed by atoms with Gasteiger partial charge in [0.15, 0.2) is 0 Å². The predicted octanol–water partition coefficient (Wildman–Crippen LogP) is 18.4. The third kappa shape index (κ3) is 13.4. The van der Waals surface area contributed by atoms with Gasteiger partial charge in [-0.15, -0.1) is 0 Å². The van der Waals surface area contributed by atoms with Gasteiger partial charge in [-0.2, -0.15) is 0 Å². The molecule has 0 aliphatic heterocycles. The largest absolute Gasteiger partial charge is 0.508 e. The number of carbonyl (C=O) groups is 4. The number of benzene rings is 12. The molecule has 0 saturated heterocycles. The summed E-state index contributed by atoms with van der Waals surface area (Å²) in [6.07, 6.45) is 0. The lowest BCUT2D eigenvalue weighted by Gasteiger charge is -2.27. The highest BCUT2D eigenvalue weighted by Gasteiger charge is 2.32. The molecule has 94 heavy (non-hydrogen) atoms. The molecule has 0 saturated carbocycles. The quantitative estimate of drug-likeness (QED) is 0.0311. The fourth-order valence-corrected chi connectivity index (χ4v) is 11.5. The third-order valence-corrected chi connectivity index (χ3v) is 16.1. The molecule has 0 amide bonds. The summed E-state index contributed by atoms with van der Waals surface area (Å²) in [6.45, 7) is 21.2. The summed E-state index contributed by atoms with van der Waals surface area (Å²) in [5.74, 6) is -2.29. The van der Waals surface area contributed by atoms with Gasteiger partial charge in [0.2, 0.25) is 0 Å². The first-order valence-corrected chi connectivity index (χ1v) is 30.0. The number of rotatable bonds is 16. The number of phenolic OH excluding ortho intramolecular Hbond substituents is 4. The minimum absolute atomic E-state index is 0.0884. The maximum Gasteiger partial charge on any atom is 0.338 e. The minimum atomic E-state index is -0.782. The minimum Gasteiger partial charge on any atom is -0.508 e. The second-order valence-corrected chi connectivity index (χ2v) is 23.0. The van der Waals surface area contributed by atoms with Crippen LogP contribution in [0.1, 0.15) is 72.9 Å². The fraction of sp³-hybridized carbons (Fsp3) is 0.0732. The van der Waals surface area contributed by atoms with Crippen LogP contribution in [-0.4, -0.2) is 44.3 Å². The van der Waals surface area contributed by atoms with E-state index in [0.29, 0.717) is 43.8 Å². The molecule has 0 aromatic heterocycles. The third-order valence-electron chi connectivity index (χ3n) is 16.1. The van der Waals surface area contributed by atoms with E-state index in [0.717, 1.165) is 54.9 Å². The number of ether oxygens (including phenoxy) is 4. The van der Waals surface area contributed by atoms with Crippen molar-refractivity contribution in [2.45, 2.75) is 39.5 Å². The van der Waals surface area contributed by atoms with Crippen LogP contribution in [0.25, 0.3) is 65.3 Å². The van der Waals surface area contributed by atoms with Gasteiger partial charge in [-0.1, -0.05) is 184 Å². The normalized spacial score (nSPS) is 11.0. The Labute approximate surface area is 543 Å². The van der Waals surface area contributed by atoms with Gasteiger partial charge in [-0.25, -0.2) is 19.2 Å². The van der Waals surface area contributed by atoms with Gasteiger partial charge in [0.25, 0.3) is 0 Å². The van der Waals surface area contributed by atoms with Crippen molar-refractivity contribution >= 4 is 67.0 Å². The van der Waals surface area contributed by atoms with Crippen molar-refractivity contribution in [2.75, 3.05) is 0 Å². The van der Waals surface area contributed by atoms with E-state index < -0.39 is 35.7 Å². The molecule has 0 aliphatic carbocycles. The van der Waals surface area contributed by atoms with Crippen LogP contribution in [0.4, 0.5) is 0 Å². The van der Waals surface area contributed by atoms with Gasteiger partial charge in [0, 0.05) is 56.4 Å². The number of esters is 4. The number of carbonyl (C=O) groups excluding carboxylic acids is 4. The summed E-state index contributed by atoms with van der Waals surface area (Å²) in [5.41, 5.74) is 8.95. The van der Waals surface area contributed by atoms with Crippen molar-refractivity contribution in [1.29, 1.82) is 0 Å². The summed E-state index contributed by atoms with van der Waals surface area (Å²) >= 11 is 0. The van der Waals surface area contributed by atoms with Gasteiger partial charge >= 0.3 is 23.9 Å². The monoisotopic (exact) mass is 1240 g/mol. The number of fused-ring (bicyclic) bond motifs is 4. The Balaban J connectivity index is 0.000000209. The molecule has 0 aliphatic rings. The molecule has 0 atom stereocenters. The topological polar surface area (TPSA) is 186 Å². The van der Waals surface area contributed by atoms with Crippen LogP contribution < -0.4 is 18.9 Å². The van der Waals surface area contributed by atoms with E-state index in [-0.39, 0.29) is 68.3 Å². The van der Waals surface area contributed by atoms with Gasteiger partial charge in [0.1, 0.15) is 46.0 Å². The Hall–Kier alpha value is -12.3. The lowest BCUT2D eigenvalue weighted by molar-refractivity contribution is -0.131. The maximum absolute atomic E-state index is 13.3. The van der Waals surface area contributed by atoms with Crippen molar-refractivity contribution in [1.82, 2.24) is 0 Å². The zero-order chi connectivity index (χ0) is 66.5. The lowest BCUT2D eigenvalue weighted by Crippen LogP contribution is -2.15. The second kappa shape index (κ2) is 27.0. The highest BCUT2D eigenvalue weighted by Crippen LogP contribution is 2.50. The zero-order valence-electron chi connectivity index (χ0n) is 52.0. The molecular weight excluding hydrogens is 1180 g/mol. The smallest absolute Gasteiger partial charge is 0.338 e. The van der Waals surface area contributed by atoms with Crippen LogP contribution >= 0.6 is 0 Å². The summed E-state index contributed by atoms with van der Waals surface area (Å²) in [5, 5.41) is 48.3. The van der Waals surface area contributed by atoms with Crippen molar-refractivity contribution in [2.24, 2.45) is 0 Å². The molecule has 0 unspecified atom stereocenters. The fourth-order valence-electron chi connectivity index (χ4n) is 11.5. The number of phenols is 4. The van der Waals surface area contributed by atoms with E-state index in [4.69, 9.17) is 18.9 Å². The molecule has 12 aromatic carbocycles. The van der Waals surface area contributed by atoms with E-state index in [2.05, 4.69) is 38.4 Å². The molecule has 0 fully saturated rings. The first kappa shape index (κ1) is 63.3. The Kier molecular flexibility index (Phi) is 18.2. The molecule has 0 bridgehead atoms.